The minimum atomic E-state index is -0.593. The lowest BCUT2D eigenvalue weighted by molar-refractivity contribution is -0.122. The van der Waals surface area contributed by atoms with Crippen molar-refractivity contribution in [2.45, 2.75) is 13.0 Å². The third kappa shape index (κ3) is 4.01. The molecule has 0 radical (unpaired) electrons. The molecule has 1 aromatic heterocycles. The van der Waals surface area contributed by atoms with Crippen molar-refractivity contribution >= 4 is 22.5 Å². The number of hydrogen-bond acceptors (Lipinski definition) is 3. The van der Waals surface area contributed by atoms with Crippen LogP contribution in [0.25, 0.3) is 22.2 Å². The van der Waals surface area contributed by atoms with Crippen LogP contribution in [0.15, 0.2) is 91.0 Å². The van der Waals surface area contributed by atoms with Gasteiger partial charge in [-0.25, -0.2) is 4.98 Å². The molecule has 3 aromatic carbocycles. The van der Waals surface area contributed by atoms with Crippen LogP contribution in [0.2, 0.25) is 0 Å². The molecule has 0 aliphatic carbocycles. The van der Waals surface area contributed by atoms with Gasteiger partial charge in [-0.2, -0.15) is 0 Å². The fraction of sp³-hybridized carbons (Fsp3) is 0.0833. The van der Waals surface area contributed by atoms with Crippen molar-refractivity contribution in [3.63, 3.8) is 0 Å². The molecule has 0 aliphatic heterocycles. The average Bonchev–Trinajstić information content (AvgIpc) is 2.74. The molecule has 28 heavy (non-hydrogen) atoms. The monoisotopic (exact) mass is 368 g/mol. The molecule has 4 rings (SSSR count). The Bertz CT molecular complexity index is 1090. The first kappa shape index (κ1) is 17.7. The Labute approximate surface area is 163 Å². The standard InChI is InChI=1S/C24H20N2O2/c1-17(28-21-8-3-2-4-9-21)24(27)25-20-14-11-19(12-15-20)23-16-13-18-7-5-6-10-22(18)26-23/h2-17H,1H3,(H,25,27)/t17-/m0/s1. The molecule has 1 heterocycles. The van der Waals surface area contributed by atoms with Crippen molar-refractivity contribution in [2.75, 3.05) is 5.32 Å². The highest BCUT2D eigenvalue weighted by Gasteiger charge is 2.14. The van der Waals surface area contributed by atoms with E-state index in [1.165, 1.54) is 0 Å². The van der Waals surface area contributed by atoms with Crippen LogP contribution in [0, 0.1) is 0 Å². The zero-order valence-electron chi connectivity index (χ0n) is 15.5. The van der Waals surface area contributed by atoms with E-state index >= 15 is 0 Å². The summed E-state index contributed by atoms with van der Waals surface area (Å²) in [7, 11) is 0. The number of ether oxygens (including phenoxy) is 1. The number of carbonyl (C=O) groups is 1. The summed E-state index contributed by atoms with van der Waals surface area (Å²) in [4.78, 5) is 17.1. The van der Waals surface area contributed by atoms with Gasteiger partial charge >= 0.3 is 0 Å². The van der Waals surface area contributed by atoms with Crippen molar-refractivity contribution < 1.29 is 9.53 Å². The number of fused-ring (bicyclic) bond motifs is 1. The van der Waals surface area contributed by atoms with Gasteiger partial charge in [0.15, 0.2) is 6.10 Å². The third-order valence-electron chi connectivity index (χ3n) is 4.47. The topological polar surface area (TPSA) is 51.2 Å². The number of para-hydroxylation sites is 2. The molecule has 138 valence electrons. The largest absolute Gasteiger partial charge is 0.481 e. The Morgan fingerprint density at radius 1 is 0.857 bits per heavy atom. The summed E-state index contributed by atoms with van der Waals surface area (Å²) in [6, 6.07) is 29.1. The van der Waals surface area contributed by atoms with Crippen molar-refractivity contribution in [3.8, 4) is 17.0 Å². The number of rotatable bonds is 5. The number of aromatic nitrogens is 1. The lowest BCUT2D eigenvalue weighted by Gasteiger charge is -2.15. The normalized spacial score (nSPS) is 11.8. The predicted octanol–water partition coefficient (Wildman–Crippen LogP) is 5.31. The van der Waals surface area contributed by atoms with Crippen LogP contribution in [0.5, 0.6) is 5.75 Å². The summed E-state index contributed by atoms with van der Waals surface area (Å²) in [6.07, 6.45) is -0.593. The Hall–Kier alpha value is -3.66. The van der Waals surface area contributed by atoms with Gasteiger partial charge in [-0.05, 0) is 43.3 Å². The number of anilines is 1. The first-order chi connectivity index (χ1) is 13.7. The van der Waals surface area contributed by atoms with Crippen LogP contribution < -0.4 is 10.1 Å². The Kier molecular flexibility index (Phi) is 5.02. The Morgan fingerprint density at radius 3 is 2.36 bits per heavy atom. The quantitative estimate of drug-likeness (QED) is 0.519. The second-order valence-corrected chi connectivity index (χ2v) is 6.53. The van der Waals surface area contributed by atoms with Gasteiger partial charge in [0.2, 0.25) is 0 Å². The summed E-state index contributed by atoms with van der Waals surface area (Å²) < 4.78 is 5.66. The second kappa shape index (κ2) is 7.92. The van der Waals surface area contributed by atoms with Crippen molar-refractivity contribution in [3.05, 3.63) is 91.0 Å². The van der Waals surface area contributed by atoms with E-state index in [1.54, 1.807) is 6.92 Å². The average molecular weight is 368 g/mol. The third-order valence-corrected chi connectivity index (χ3v) is 4.47. The van der Waals surface area contributed by atoms with Crippen LogP contribution in [-0.2, 0) is 4.79 Å². The number of carbonyl (C=O) groups excluding carboxylic acids is 1. The van der Waals surface area contributed by atoms with Gasteiger partial charge < -0.3 is 10.1 Å². The molecule has 1 atom stereocenters. The maximum absolute atomic E-state index is 12.4. The molecule has 0 spiro atoms. The van der Waals surface area contributed by atoms with Crippen LogP contribution in [0.1, 0.15) is 6.92 Å². The van der Waals surface area contributed by atoms with E-state index in [-0.39, 0.29) is 5.91 Å². The van der Waals surface area contributed by atoms with Gasteiger partial charge in [0.05, 0.1) is 11.2 Å². The van der Waals surface area contributed by atoms with Crippen molar-refractivity contribution in [1.82, 2.24) is 4.98 Å². The molecule has 0 aliphatic rings. The molecule has 1 N–H and O–H groups in total. The summed E-state index contributed by atoms with van der Waals surface area (Å²) in [6.45, 7) is 1.73. The van der Waals surface area contributed by atoms with Crippen LogP contribution in [0.4, 0.5) is 5.69 Å². The van der Waals surface area contributed by atoms with Gasteiger partial charge in [0, 0.05) is 16.6 Å². The molecule has 0 saturated heterocycles. The highest BCUT2D eigenvalue weighted by Crippen LogP contribution is 2.23. The molecule has 4 heteroatoms. The van der Waals surface area contributed by atoms with Gasteiger partial charge in [-0.3, -0.25) is 4.79 Å². The Balaban J connectivity index is 1.44. The number of pyridine rings is 1. The van der Waals surface area contributed by atoms with E-state index in [4.69, 9.17) is 9.72 Å². The van der Waals surface area contributed by atoms with Gasteiger partial charge in [-0.15, -0.1) is 0 Å². The summed E-state index contributed by atoms with van der Waals surface area (Å²) in [5.74, 6) is 0.475. The fourth-order valence-electron chi connectivity index (χ4n) is 2.95. The highest BCUT2D eigenvalue weighted by molar-refractivity contribution is 5.94. The van der Waals surface area contributed by atoms with Gasteiger partial charge in [0.25, 0.3) is 5.91 Å². The number of nitrogens with one attached hydrogen (secondary N) is 1. The molecule has 0 unspecified atom stereocenters. The maximum Gasteiger partial charge on any atom is 0.265 e. The smallest absolute Gasteiger partial charge is 0.265 e. The summed E-state index contributed by atoms with van der Waals surface area (Å²) in [5, 5.41) is 4.00. The van der Waals surface area contributed by atoms with E-state index in [9.17, 15) is 4.79 Å². The molecule has 1 amide bonds. The second-order valence-electron chi connectivity index (χ2n) is 6.53. The zero-order valence-corrected chi connectivity index (χ0v) is 15.5. The van der Waals surface area contributed by atoms with Gasteiger partial charge in [-0.1, -0.05) is 54.6 Å². The highest BCUT2D eigenvalue weighted by atomic mass is 16.5. The number of benzene rings is 3. The molecular formula is C24H20N2O2. The number of hydrogen-bond donors (Lipinski definition) is 1. The molecule has 4 nitrogen and oxygen atoms in total. The zero-order chi connectivity index (χ0) is 19.3. The van der Waals surface area contributed by atoms with Gasteiger partial charge in [0.1, 0.15) is 5.75 Å². The molecular weight excluding hydrogens is 348 g/mol. The summed E-state index contributed by atoms with van der Waals surface area (Å²) >= 11 is 0. The molecule has 4 aromatic rings. The fourth-order valence-corrected chi connectivity index (χ4v) is 2.95. The van der Waals surface area contributed by atoms with E-state index in [2.05, 4.69) is 11.4 Å². The number of nitrogens with zero attached hydrogens (tertiary/aromatic N) is 1. The van der Waals surface area contributed by atoms with Crippen LogP contribution in [-0.4, -0.2) is 17.0 Å². The first-order valence-electron chi connectivity index (χ1n) is 9.18. The minimum absolute atomic E-state index is 0.194. The minimum Gasteiger partial charge on any atom is -0.481 e. The lowest BCUT2D eigenvalue weighted by Crippen LogP contribution is -2.30. The predicted molar refractivity (Wildman–Crippen MR) is 112 cm³/mol. The van der Waals surface area contributed by atoms with Crippen molar-refractivity contribution in [1.29, 1.82) is 0 Å². The first-order valence-corrected chi connectivity index (χ1v) is 9.18. The summed E-state index contributed by atoms with van der Waals surface area (Å²) in [5.41, 5.74) is 3.58. The molecule has 0 saturated carbocycles. The molecule has 0 fully saturated rings. The van der Waals surface area contributed by atoms with Crippen molar-refractivity contribution in [2.24, 2.45) is 0 Å². The Morgan fingerprint density at radius 2 is 1.57 bits per heavy atom. The van der Waals surface area contributed by atoms with E-state index < -0.39 is 6.10 Å². The lowest BCUT2D eigenvalue weighted by atomic mass is 10.1. The van der Waals surface area contributed by atoms with E-state index in [0.29, 0.717) is 5.75 Å². The molecule has 0 bridgehead atoms. The maximum atomic E-state index is 12.4. The van der Waals surface area contributed by atoms with Crippen LogP contribution in [0.3, 0.4) is 0 Å². The van der Waals surface area contributed by atoms with E-state index in [0.717, 1.165) is 27.8 Å². The SMILES string of the molecule is C[C@H](Oc1ccccc1)C(=O)Nc1ccc(-c2ccc3ccccc3n2)cc1. The van der Waals surface area contributed by atoms with E-state index in [1.807, 2.05) is 84.9 Å². The number of amides is 1. The van der Waals surface area contributed by atoms with Crippen LogP contribution >= 0.6 is 0 Å².